The number of Topliss-reactive ketones (excluding diaryl/α,β-unsaturated/α-hetero) is 2. The SMILES string of the molecule is COCc1cc(N(C)C)c2c(c1O)C(O)=C1C(=O)C3(O)C(O)=C(C(N)=O)C(=O)C(N(C)C)C3CC1C2. The Morgan fingerprint density at radius 2 is 1.83 bits per heavy atom. The maximum Gasteiger partial charge on any atom is 0.255 e. The number of carbonyl (C=O) groups is 3. The zero-order valence-electron chi connectivity index (χ0n) is 20.8. The lowest BCUT2D eigenvalue weighted by molar-refractivity contribution is -0.153. The lowest BCUT2D eigenvalue weighted by atomic mass is 9.57. The van der Waals surface area contributed by atoms with Crippen molar-refractivity contribution >= 4 is 28.9 Å². The molecule has 11 heteroatoms. The molecule has 4 rings (SSSR count). The number of aliphatic hydroxyl groups excluding tert-OH is 2. The van der Waals surface area contributed by atoms with Gasteiger partial charge in [0, 0.05) is 43.9 Å². The van der Waals surface area contributed by atoms with Crippen molar-refractivity contribution in [2.45, 2.75) is 31.1 Å². The van der Waals surface area contributed by atoms with Gasteiger partial charge in [-0.2, -0.15) is 0 Å². The van der Waals surface area contributed by atoms with Crippen LogP contribution in [0.1, 0.15) is 23.1 Å². The Labute approximate surface area is 208 Å². The first-order chi connectivity index (χ1) is 16.8. The smallest absolute Gasteiger partial charge is 0.255 e. The molecule has 1 saturated carbocycles. The van der Waals surface area contributed by atoms with Gasteiger partial charge in [0.05, 0.1) is 18.2 Å². The monoisotopic (exact) mass is 501 g/mol. The number of hydrogen-bond acceptors (Lipinski definition) is 10. The first kappa shape index (κ1) is 25.7. The molecular weight excluding hydrogens is 470 g/mol. The van der Waals surface area contributed by atoms with Crippen molar-refractivity contribution in [2.24, 2.45) is 17.6 Å². The minimum absolute atomic E-state index is 0.0409. The molecule has 4 unspecified atom stereocenters. The summed E-state index contributed by atoms with van der Waals surface area (Å²) in [5.74, 6) is -6.71. The van der Waals surface area contributed by atoms with Gasteiger partial charge in [0.2, 0.25) is 5.78 Å². The summed E-state index contributed by atoms with van der Waals surface area (Å²) in [6, 6.07) is 0.630. The molecule has 0 aliphatic heterocycles. The van der Waals surface area contributed by atoms with Gasteiger partial charge in [-0.1, -0.05) is 0 Å². The van der Waals surface area contributed by atoms with E-state index in [4.69, 9.17) is 10.5 Å². The molecule has 0 saturated heterocycles. The molecule has 6 N–H and O–H groups in total. The summed E-state index contributed by atoms with van der Waals surface area (Å²) in [5.41, 5.74) is 3.40. The summed E-state index contributed by atoms with van der Waals surface area (Å²) >= 11 is 0. The molecule has 0 aromatic heterocycles. The van der Waals surface area contributed by atoms with E-state index >= 15 is 0 Å². The molecule has 3 aliphatic rings. The van der Waals surface area contributed by atoms with Crippen LogP contribution in [-0.4, -0.2) is 89.7 Å². The third-order valence-corrected chi connectivity index (χ3v) is 7.56. The first-order valence-corrected chi connectivity index (χ1v) is 11.5. The van der Waals surface area contributed by atoms with E-state index in [-0.39, 0.29) is 36.3 Å². The topological polar surface area (TPSA) is 174 Å². The maximum atomic E-state index is 13.9. The molecule has 1 aromatic rings. The number of phenols is 1. The number of ether oxygens (including phenoxy) is 1. The maximum absolute atomic E-state index is 13.9. The number of anilines is 1. The van der Waals surface area contributed by atoms with E-state index in [1.165, 1.54) is 12.0 Å². The predicted molar refractivity (Wildman–Crippen MR) is 129 cm³/mol. The fourth-order valence-corrected chi connectivity index (χ4v) is 6.01. The lowest BCUT2D eigenvalue weighted by Crippen LogP contribution is -2.65. The average molecular weight is 502 g/mol. The van der Waals surface area contributed by atoms with Crippen molar-refractivity contribution < 1.29 is 39.5 Å². The van der Waals surface area contributed by atoms with E-state index in [0.717, 1.165) is 0 Å². The number of methoxy groups -OCH3 is 1. The number of nitrogens with two attached hydrogens (primary N) is 1. The van der Waals surface area contributed by atoms with Crippen molar-refractivity contribution in [1.29, 1.82) is 0 Å². The van der Waals surface area contributed by atoms with Crippen LogP contribution in [-0.2, 0) is 32.1 Å². The van der Waals surface area contributed by atoms with Gasteiger partial charge in [0.1, 0.15) is 22.8 Å². The fourth-order valence-electron chi connectivity index (χ4n) is 6.01. The molecule has 0 spiro atoms. The summed E-state index contributed by atoms with van der Waals surface area (Å²) in [7, 11) is 8.19. The normalized spacial score (nSPS) is 27.7. The molecule has 36 heavy (non-hydrogen) atoms. The highest BCUT2D eigenvalue weighted by atomic mass is 16.5. The number of fused-ring (bicyclic) bond motifs is 3. The molecular formula is C25H31N3O8. The van der Waals surface area contributed by atoms with Crippen molar-refractivity contribution in [3.63, 3.8) is 0 Å². The minimum atomic E-state index is -2.66. The van der Waals surface area contributed by atoms with Crippen LogP contribution >= 0.6 is 0 Å². The van der Waals surface area contributed by atoms with Crippen LogP contribution in [0, 0.1) is 11.8 Å². The Morgan fingerprint density at radius 3 is 2.36 bits per heavy atom. The second-order valence-corrected chi connectivity index (χ2v) is 10.0. The lowest BCUT2D eigenvalue weighted by Gasteiger charge is -2.50. The van der Waals surface area contributed by atoms with Gasteiger partial charge in [-0.3, -0.25) is 19.3 Å². The minimum Gasteiger partial charge on any atom is -0.508 e. The summed E-state index contributed by atoms with van der Waals surface area (Å²) in [6.45, 7) is 0.0457. The van der Waals surface area contributed by atoms with Gasteiger partial charge in [-0.05, 0) is 44.5 Å². The van der Waals surface area contributed by atoms with Gasteiger partial charge in [-0.25, -0.2) is 0 Å². The summed E-state index contributed by atoms with van der Waals surface area (Å²) in [4.78, 5) is 42.3. The quantitative estimate of drug-likeness (QED) is 0.350. The van der Waals surface area contributed by atoms with Crippen LogP contribution in [0.4, 0.5) is 5.69 Å². The van der Waals surface area contributed by atoms with Crippen LogP contribution in [0.3, 0.4) is 0 Å². The number of ketones is 2. The molecule has 1 aromatic carbocycles. The van der Waals surface area contributed by atoms with Crippen LogP contribution in [0.25, 0.3) is 5.76 Å². The van der Waals surface area contributed by atoms with Gasteiger partial charge in [0.25, 0.3) is 5.91 Å². The Hall–Kier alpha value is -3.41. The molecule has 3 aliphatic carbocycles. The number of aromatic hydroxyl groups is 1. The second kappa shape index (κ2) is 8.61. The van der Waals surface area contributed by atoms with Gasteiger partial charge < -0.3 is 35.8 Å². The van der Waals surface area contributed by atoms with E-state index in [2.05, 4.69) is 0 Å². The summed E-state index contributed by atoms with van der Waals surface area (Å²) in [6.07, 6.45) is 0.266. The van der Waals surface area contributed by atoms with Gasteiger partial charge in [0.15, 0.2) is 11.4 Å². The third kappa shape index (κ3) is 3.34. The standard InChI is InChI=1S/C25H31N3O8/c1-27(2)14-8-11(9-36-5)19(29)16-12(14)6-10-7-13-18(28(3)4)21(31)17(24(26)34)23(33)25(13,35)22(32)15(10)20(16)30/h8,10,13,18,29-30,33,35H,6-7,9H2,1-5H3,(H2,26,34). The number of likely N-dealkylation sites (N-methyl/N-ethyl adjacent to an activating group) is 1. The molecule has 1 amide bonds. The number of amides is 1. The van der Waals surface area contributed by atoms with E-state index in [9.17, 15) is 34.8 Å². The number of rotatable bonds is 5. The first-order valence-electron chi connectivity index (χ1n) is 11.5. The fraction of sp³-hybridized carbons (Fsp3) is 0.480. The highest BCUT2D eigenvalue weighted by molar-refractivity contribution is 6.24. The number of carbonyl (C=O) groups excluding carboxylic acids is 3. The number of aliphatic hydroxyl groups is 3. The second-order valence-electron chi connectivity index (χ2n) is 10.0. The molecule has 4 atom stereocenters. The van der Waals surface area contributed by atoms with Crippen LogP contribution in [0.2, 0.25) is 0 Å². The van der Waals surface area contributed by atoms with Crippen molar-refractivity contribution in [3.05, 3.63) is 39.7 Å². The Balaban J connectivity index is 2.00. The average Bonchev–Trinajstić information content (AvgIpc) is 2.77. The van der Waals surface area contributed by atoms with Crippen molar-refractivity contribution in [3.8, 4) is 5.75 Å². The van der Waals surface area contributed by atoms with E-state index in [1.807, 2.05) is 4.90 Å². The van der Waals surface area contributed by atoms with E-state index < -0.39 is 58.0 Å². The molecule has 1 fully saturated rings. The number of hydrogen-bond donors (Lipinski definition) is 5. The van der Waals surface area contributed by atoms with Gasteiger partial charge >= 0.3 is 0 Å². The van der Waals surface area contributed by atoms with Crippen LogP contribution < -0.4 is 10.6 Å². The highest BCUT2D eigenvalue weighted by Gasteiger charge is 2.64. The molecule has 0 radical (unpaired) electrons. The zero-order chi connectivity index (χ0) is 26.9. The van der Waals surface area contributed by atoms with E-state index in [0.29, 0.717) is 16.8 Å². The molecule has 194 valence electrons. The van der Waals surface area contributed by atoms with Crippen molar-refractivity contribution in [2.75, 3.05) is 40.2 Å². The molecule has 0 heterocycles. The zero-order valence-corrected chi connectivity index (χ0v) is 20.8. The largest absolute Gasteiger partial charge is 0.508 e. The third-order valence-electron chi connectivity index (χ3n) is 7.56. The van der Waals surface area contributed by atoms with Crippen molar-refractivity contribution in [1.82, 2.24) is 4.90 Å². The summed E-state index contributed by atoms with van der Waals surface area (Å²) < 4.78 is 5.17. The Kier molecular flexibility index (Phi) is 6.14. The number of phenolic OH excluding ortho intramolecular Hbond substituents is 1. The number of primary amides is 1. The Bertz CT molecular complexity index is 1250. The van der Waals surface area contributed by atoms with E-state index in [1.54, 1.807) is 34.3 Å². The Morgan fingerprint density at radius 1 is 1.19 bits per heavy atom. The number of nitrogens with zero attached hydrogens (tertiary/aromatic N) is 2. The molecule has 11 nitrogen and oxygen atoms in total. The van der Waals surface area contributed by atoms with Gasteiger partial charge in [-0.15, -0.1) is 0 Å². The van der Waals surface area contributed by atoms with Crippen LogP contribution in [0.5, 0.6) is 5.75 Å². The van der Waals surface area contributed by atoms with Crippen LogP contribution in [0.15, 0.2) is 23.0 Å². The highest BCUT2D eigenvalue weighted by Crippen LogP contribution is 2.54. The molecule has 0 bridgehead atoms. The summed E-state index contributed by atoms with van der Waals surface area (Å²) in [5, 5.41) is 44.9. The number of benzene rings is 1. The predicted octanol–water partition coefficient (Wildman–Crippen LogP) is 0.176.